The number of nitrogens with zero attached hydrogens (tertiary/aromatic N) is 5. The van der Waals surface area contributed by atoms with Crippen LogP contribution in [0.4, 0.5) is 4.39 Å². The van der Waals surface area contributed by atoms with Crippen molar-refractivity contribution in [2.24, 2.45) is 0 Å². The Morgan fingerprint density at radius 1 is 1.13 bits per heavy atom. The molecule has 0 amide bonds. The predicted octanol–water partition coefficient (Wildman–Crippen LogP) is 7.37. The Morgan fingerprint density at radius 3 is 2.67 bits per heavy atom. The maximum atomic E-state index is 13.8. The number of fused-ring (bicyclic) bond motifs is 2. The van der Waals surface area contributed by atoms with Crippen LogP contribution in [-0.4, -0.2) is 37.2 Å². The fourth-order valence-corrected chi connectivity index (χ4v) is 6.84. The van der Waals surface area contributed by atoms with E-state index in [4.69, 9.17) is 27.9 Å². The van der Waals surface area contributed by atoms with Crippen LogP contribution in [-0.2, 0) is 13.0 Å². The van der Waals surface area contributed by atoms with Gasteiger partial charge in [-0.15, -0.1) is 11.3 Å². The summed E-state index contributed by atoms with van der Waals surface area (Å²) in [6, 6.07) is 11.9. The summed E-state index contributed by atoms with van der Waals surface area (Å²) < 4.78 is 22.1. The summed E-state index contributed by atoms with van der Waals surface area (Å²) in [5.41, 5.74) is 3.23. The van der Waals surface area contributed by atoms with Crippen molar-refractivity contribution in [3.63, 3.8) is 0 Å². The summed E-state index contributed by atoms with van der Waals surface area (Å²) in [5.74, 6) is -0.731. The molecule has 6 aromatic rings. The lowest BCUT2D eigenvalue weighted by atomic mass is 9.97. The number of ether oxygens (including phenoxy) is 1. The number of carboxylic acid groups (broad SMARTS) is 1. The monoisotopic (exact) mass is 673 g/mol. The van der Waals surface area contributed by atoms with Crippen LogP contribution in [0, 0.1) is 31.0 Å². The molecule has 1 N–H and O–H groups in total. The molecule has 0 atom stereocenters. The lowest BCUT2D eigenvalue weighted by Gasteiger charge is -2.16. The number of nitriles is 1. The van der Waals surface area contributed by atoms with Gasteiger partial charge in [0.2, 0.25) is 0 Å². The van der Waals surface area contributed by atoms with Crippen molar-refractivity contribution in [3.8, 4) is 22.9 Å². The van der Waals surface area contributed by atoms with E-state index < -0.39 is 17.3 Å². The van der Waals surface area contributed by atoms with E-state index in [0.29, 0.717) is 49.2 Å². The number of rotatable bonds is 8. The summed E-state index contributed by atoms with van der Waals surface area (Å²) in [6.45, 7) is 3.60. The Bertz CT molecular complexity index is 2320. The van der Waals surface area contributed by atoms with Gasteiger partial charge in [-0.05, 0) is 61.4 Å². The molecule has 0 aliphatic carbocycles. The zero-order chi connectivity index (χ0) is 32.7. The van der Waals surface area contributed by atoms with Gasteiger partial charge in [-0.3, -0.25) is 19.3 Å². The van der Waals surface area contributed by atoms with Gasteiger partial charge in [0.15, 0.2) is 0 Å². The molecule has 0 aliphatic heterocycles. The third-order valence-electron chi connectivity index (χ3n) is 7.43. The average molecular weight is 675 g/mol. The fraction of sp³-hybridized carbons (Fsp3) is 0.152. The molecule has 0 saturated carbocycles. The molecule has 230 valence electrons. The van der Waals surface area contributed by atoms with Gasteiger partial charge in [-0.1, -0.05) is 23.2 Å². The summed E-state index contributed by atoms with van der Waals surface area (Å²) in [6.07, 6.45) is 2.64. The van der Waals surface area contributed by atoms with Crippen molar-refractivity contribution in [1.82, 2.24) is 19.5 Å². The van der Waals surface area contributed by atoms with E-state index in [1.165, 1.54) is 34.2 Å². The highest BCUT2D eigenvalue weighted by Gasteiger charge is 2.21. The van der Waals surface area contributed by atoms with E-state index in [2.05, 4.69) is 21.0 Å². The first-order chi connectivity index (χ1) is 22.0. The van der Waals surface area contributed by atoms with Gasteiger partial charge in [-0.2, -0.15) is 5.26 Å². The Labute approximate surface area is 275 Å². The Kier molecular flexibility index (Phi) is 8.44. The standard InChI is InChI=1S/C33H22Cl2FN5O4S/c1-16-7-23(31-30(39-16)25(15-46-31)33(43)44)22-10-19(34)3-4-28(22)45-6-5-41-17(2)40-27-11-26(35)21(24(12-37)29(27)32(41)42)9-18-8-20(36)14-38-13-18/h3-4,7-8,10-11,13-15H,5-6,9H2,1-2H3,(H,43,44). The molecular formula is C33H22Cl2FN5O4S. The van der Waals surface area contributed by atoms with Crippen LogP contribution in [0.1, 0.15) is 38.6 Å². The lowest BCUT2D eigenvalue weighted by molar-refractivity contribution is 0.0699. The summed E-state index contributed by atoms with van der Waals surface area (Å²) in [4.78, 5) is 38.5. The number of pyridine rings is 2. The molecule has 0 saturated heterocycles. The molecule has 13 heteroatoms. The quantitative estimate of drug-likeness (QED) is 0.177. The van der Waals surface area contributed by atoms with Crippen molar-refractivity contribution in [2.45, 2.75) is 26.8 Å². The smallest absolute Gasteiger partial charge is 0.338 e. The first kappa shape index (κ1) is 31.1. The van der Waals surface area contributed by atoms with E-state index in [0.717, 1.165) is 11.8 Å². The number of benzene rings is 2. The summed E-state index contributed by atoms with van der Waals surface area (Å²) >= 11 is 14.2. The molecule has 0 aliphatic rings. The van der Waals surface area contributed by atoms with Crippen LogP contribution in [0.15, 0.2) is 59.0 Å². The minimum atomic E-state index is -1.07. The normalized spacial score (nSPS) is 11.2. The molecule has 9 nitrogen and oxygen atoms in total. The second kappa shape index (κ2) is 12.5. The molecule has 4 heterocycles. The third kappa shape index (κ3) is 5.78. The minimum absolute atomic E-state index is 0.0535. The molecular weight excluding hydrogens is 652 g/mol. The van der Waals surface area contributed by atoms with E-state index in [-0.39, 0.29) is 46.6 Å². The van der Waals surface area contributed by atoms with Crippen molar-refractivity contribution in [3.05, 3.63) is 114 Å². The maximum absolute atomic E-state index is 13.8. The number of aromatic carboxylic acids is 1. The number of thiophene rings is 1. The predicted molar refractivity (Wildman–Crippen MR) is 175 cm³/mol. The number of hydrogen-bond acceptors (Lipinski definition) is 8. The number of hydrogen-bond donors (Lipinski definition) is 1. The average Bonchev–Trinajstić information content (AvgIpc) is 3.44. The molecule has 0 spiro atoms. The van der Waals surface area contributed by atoms with Crippen LogP contribution >= 0.6 is 34.5 Å². The van der Waals surface area contributed by atoms with E-state index in [1.54, 1.807) is 37.4 Å². The van der Waals surface area contributed by atoms with Gasteiger partial charge < -0.3 is 9.84 Å². The first-order valence-electron chi connectivity index (χ1n) is 13.8. The van der Waals surface area contributed by atoms with Crippen LogP contribution < -0.4 is 10.3 Å². The lowest BCUT2D eigenvalue weighted by Crippen LogP contribution is -2.27. The Balaban J connectivity index is 1.35. The molecule has 0 bridgehead atoms. The number of carbonyl (C=O) groups is 1. The first-order valence-corrected chi connectivity index (χ1v) is 15.5. The number of carboxylic acids is 1. The zero-order valence-corrected chi connectivity index (χ0v) is 26.6. The highest BCUT2D eigenvalue weighted by atomic mass is 35.5. The molecule has 2 aromatic carbocycles. The maximum Gasteiger partial charge on any atom is 0.338 e. The van der Waals surface area contributed by atoms with Crippen LogP contribution in [0.25, 0.3) is 32.2 Å². The van der Waals surface area contributed by atoms with Crippen molar-refractivity contribution >= 4 is 61.6 Å². The highest BCUT2D eigenvalue weighted by molar-refractivity contribution is 7.18. The van der Waals surface area contributed by atoms with Crippen molar-refractivity contribution < 1.29 is 19.0 Å². The van der Waals surface area contributed by atoms with Crippen LogP contribution in [0.2, 0.25) is 10.0 Å². The Morgan fingerprint density at radius 2 is 1.93 bits per heavy atom. The van der Waals surface area contributed by atoms with E-state index in [9.17, 15) is 24.3 Å². The van der Waals surface area contributed by atoms with Crippen molar-refractivity contribution in [1.29, 1.82) is 5.26 Å². The second-order valence-electron chi connectivity index (χ2n) is 10.5. The zero-order valence-electron chi connectivity index (χ0n) is 24.3. The number of aromatic nitrogens is 4. The molecule has 0 fully saturated rings. The number of aryl methyl sites for hydroxylation is 2. The van der Waals surface area contributed by atoms with Gasteiger partial charge in [0.05, 0.1) is 45.0 Å². The minimum Gasteiger partial charge on any atom is -0.491 e. The van der Waals surface area contributed by atoms with E-state index >= 15 is 0 Å². The van der Waals surface area contributed by atoms with Gasteiger partial charge >= 0.3 is 5.97 Å². The number of halogens is 3. The van der Waals surface area contributed by atoms with Crippen molar-refractivity contribution in [2.75, 3.05) is 6.61 Å². The summed E-state index contributed by atoms with van der Waals surface area (Å²) in [5, 5.41) is 22.1. The largest absolute Gasteiger partial charge is 0.491 e. The highest BCUT2D eigenvalue weighted by Crippen LogP contribution is 2.40. The molecule has 4 aromatic heterocycles. The third-order valence-corrected chi connectivity index (χ3v) is 9.01. The van der Waals surface area contributed by atoms with Gasteiger partial charge in [0, 0.05) is 44.9 Å². The van der Waals surface area contributed by atoms with Gasteiger partial charge in [0.1, 0.15) is 30.1 Å². The SMILES string of the molecule is Cc1cc(-c2cc(Cl)ccc2OCCn2c(C)nc3cc(Cl)c(Cc4cncc(F)c4)c(C#N)c3c2=O)c2scc(C(=O)O)c2n1. The van der Waals surface area contributed by atoms with E-state index in [1.807, 2.05) is 6.07 Å². The van der Waals surface area contributed by atoms with Crippen LogP contribution in [0.5, 0.6) is 5.75 Å². The topological polar surface area (TPSA) is 131 Å². The Hall–Kier alpha value is -4.89. The molecule has 0 radical (unpaired) electrons. The second-order valence-corrected chi connectivity index (χ2v) is 12.2. The van der Waals surface area contributed by atoms with Gasteiger partial charge in [-0.25, -0.2) is 14.2 Å². The molecule has 6 rings (SSSR count). The fourth-order valence-electron chi connectivity index (χ4n) is 5.39. The van der Waals surface area contributed by atoms with Crippen LogP contribution in [0.3, 0.4) is 0 Å². The summed E-state index contributed by atoms with van der Waals surface area (Å²) in [7, 11) is 0. The molecule has 0 unspecified atom stereocenters. The molecule has 46 heavy (non-hydrogen) atoms. The van der Waals surface area contributed by atoms with Gasteiger partial charge in [0.25, 0.3) is 5.56 Å².